The minimum Gasteiger partial charge on any atom is -0.496 e. The molecule has 0 radical (unpaired) electrons. The zero-order valence-corrected chi connectivity index (χ0v) is 21.0. The number of methoxy groups -OCH3 is 2. The van der Waals surface area contributed by atoms with Crippen molar-refractivity contribution in [1.82, 2.24) is 10.3 Å². The molecule has 8 nitrogen and oxygen atoms in total. The number of rotatable bonds is 9. The van der Waals surface area contributed by atoms with Gasteiger partial charge in [-0.3, -0.25) is 14.6 Å². The third-order valence-corrected chi connectivity index (χ3v) is 7.15. The van der Waals surface area contributed by atoms with Gasteiger partial charge in [-0.15, -0.1) is 0 Å². The van der Waals surface area contributed by atoms with Crippen LogP contribution in [0.5, 0.6) is 5.75 Å². The molecule has 202 valence electrons. The molecule has 0 spiro atoms. The number of ether oxygens (including phenoxy) is 2. The first-order valence-electron chi connectivity index (χ1n) is 10.9. The van der Waals surface area contributed by atoms with Gasteiger partial charge in [-0.25, -0.2) is 12.8 Å². The Labute approximate surface area is 215 Å². The van der Waals surface area contributed by atoms with Gasteiger partial charge in [0, 0.05) is 36.1 Å². The number of amides is 1. The van der Waals surface area contributed by atoms with Crippen LogP contribution < -0.4 is 10.1 Å². The van der Waals surface area contributed by atoms with E-state index in [0.29, 0.717) is 28.8 Å². The topological polar surface area (TPSA) is 112 Å². The molecule has 0 saturated carbocycles. The summed E-state index contributed by atoms with van der Waals surface area (Å²) in [5, 5.41) is 2.46. The highest BCUT2D eigenvalue weighted by Crippen LogP contribution is 2.34. The number of hydrogen-bond acceptors (Lipinski definition) is 7. The van der Waals surface area contributed by atoms with Crippen LogP contribution in [0.4, 0.5) is 17.6 Å². The number of alkyl halides is 3. The van der Waals surface area contributed by atoms with Crippen molar-refractivity contribution in [2.75, 3.05) is 20.0 Å². The summed E-state index contributed by atoms with van der Waals surface area (Å²) in [5.74, 6) is -2.97. The number of carbonyl (C=O) groups excluding carboxylic acids is 2. The second-order valence-corrected chi connectivity index (χ2v) is 10.1. The fourth-order valence-electron chi connectivity index (χ4n) is 3.51. The number of nitrogens with one attached hydrogen (secondary N) is 1. The monoisotopic (exact) mass is 554 g/mol. The third-order valence-electron chi connectivity index (χ3n) is 5.45. The smallest absolute Gasteiger partial charge is 0.416 e. The Morgan fingerprint density at radius 2 is 1.76 bits per heavy atom. The Morgan fingerprint density at radius 3 is 2.42 bits per heavy atom. The first kappa shape index (κ1) is 28.6. The Balaban J connectivity index is 1.92. The summed E-state index contributed by atoms with van der Waals surface area (Å²) < 4.78 is 89.0. The summed E-state index contributed by atoms with van der Waals surface area (Å²) in [7, 11) is -1.96. The third kappa shape index (κ3) is 6.85. The fourth-order valence-corrected chi connectivity index (χ4v) is 4.79. The van der Waals surface area contributed by atoms with E-state index < -0.39 is 61.9 Å². The molecule has 1 aromatic heterocycles. The highest BCUT2D eigenvalue weighted by atomic mass is 32.2. The Kier molecular flexibility index (Phi) is 8.71. The highest BCUT2D eigenvalue weighted by molar-refractivity contribution is 7.91. The van der Waals surface area contributed by atoms with E-state index in [-0.39, 0.29) is 12.3 Å². The van der Waals surface area contributed by atoms with E-state index in [4.69, 9.17) is 4.74 Å². The molecule has 0 fully saturated rings. The Hall–Kier alpha value is -4.00. The fraction of sp³-hybridized carbons (Fsp3) is 0.240. The maximum Gasteiger partial charge on any atom is 0.416 e. The summed E-state index contributed by atoms with van der Waals surface area (Å²) in [6.07, 6.45) is -2.65. The molecule has 38 heavy (non-hydrogen) atoms. The van der Waals surface area contributed by atoms with Crippen molar-refractivity contribution >= 4 is 21.7 Å². The van der Waals surface area contributed by atoms with Gasteiger partial charge in [0.25, 0.3) is 5.91 Å². The maximum atomic E-state index is 13.6. The second kappa shape index (κ2) is 11.6. The van der Waals surface area contributed by atoms with Crippen LogP contribution in [0.25, 0.3) is 11.1 Å². The molecule has 1 amide bonds. The molecule has 0 saturated heterocycles. The summed E-state index contributed by atoms with van der Waals surface area (Å²) in [5.41, 5.74) is -0.462. The van der Waals surface area contributed by atoms with Gasteiger partial charge in [-0.2, -0.15) is 13.2 Å². The summed E-state index contributed by atoms with van der Waals surface area (Å²) >= 11 is 0. The van der Waals surface area contributed by atoms with Crippen molar-refractivity contribution in [1.29, 1.82) is 0 Å². The number of pyridine rings is 1. The van der Waals surface area contributed by atoms with Crippen LogP contribution in [0.15, 0.2) is 59.8 Å². The molecule has 0 unspecified atom stereocenters. The van der Waals surface area contributed by atoms with Crippen LogP contribution in [-0.2, 0) is 32.1 Å². The van der Waals surface area contributed by atoms with Crippen molar-refractivity contribution in [3.05, 3.63) is 77.4 Å². The van der Waals surface area contributed by atoms with E-state index in [2.05, 4.69) is 15.0 Å². The van der Waals surface area contributed by atoms with E-state index in [9.17, 15) is 35.6 Å². The van der Waals surface area contributed by atoms with Gasteiger partial charge < -0.3 is 14.8 Å². The van der Waals surface area contributed by atoms with Crippen molar-refractivity contribution in [2.45, 2.75) is 24.0 Å². The molecule has 3 rings (SSSR count). The van der Waals surface area contributed by atoms with Gasteiger partial charge in [-0.05, 0) is 47.5 Å². The van der Waals surface area contributed by atoms with Crippen LogP contribution in [0, 0.1) is 5.82 Å². The average molecular weight is 555 g/mol. The predicted octanol–water partition coefficient (Wildman–Crippen LogP) is 4.18. The molecule has 0 aliphatic rings. The molecule has 13 heteroatoms. The molecule has 0 bridgehead atoms. The lowest BCUT2D eigenvalue weighted by atomic mass is 10.0. The summed E-state index contributed by atoms with van der Waals surface area (Å²) in [4.78, 5) is 27.4. The molecule has 0 atom stereocenters. The van der Waals surface area contributed by atoms with Crippen LogP contribution in [-0.4, -0.2) is 45.3 Å². The van der Waals surface area contributed by atoms with Crippen LogP contribution in [0.1, 0.15) is 27.9 Å². The lowest BCUT2D eigenvalue weighted by molar-refractivity contribution is -0.140. The Bertz CT molecular complexity index is 1460. The molecular weight excluding hydrogens is 532 g/mol. The first-order chi connectivity index (χ1) is 17.9. The van der Waals surface area contributed by atoms with Gasteiger partial charge >= 0.3 is 12.1 Å². The van der Waals surface area contributed by atoms with E-state index in [1.165, 1.54) is 37.7 Å². The van der Waals surface area contributed by atoms with Gasteiger partial charge in [0.1, 0.15) is 11.6 Å². The average Bonchev–Trinajstić information content (AvgIpc) is 2.89. The van der Waals surface area contributed by atoms with Crippen molar-refractivity contribution in [2.24, 2.45) is 0 Å². The lowest BCUT2D eigenvalue weighted by Crippen LogP contribution is -2.24. The minimum atomic E-state index is -4.95. The molecule has 1 N–H and O–H groups in total. The largest absolute Gasteiger partial charge is 0.496 e. The van der Waals surface area contributed by atoms with E-state index >= 15 is 0 Å². The highest BCUT2D eigenvalue weighted by Gasteiger charge is 2.33. The maximum absolute atomic E-state index is 13.6. The number of carbonyl (C=O) groups is 2. The normalized spacial score (nSPS) is 11.6. The van der Waals surface area contributed by atoms with Crippen LogP contribution in [0.2, 0.25) is 0 Å². The summed E-state index contributed by atoms with van der Waals surface area (Å²) in [6.45, 7) is -0.205. The lowest BCUT2D eigenvalue weighted by Gasteiger charge is -2.15. The SMILES string of the molecule is COC(=O)CCS(=O)(=O)c1cc(C(=O)NCc2cnccc2-c2ccc(F)cc2OC)cc(C(F)(F)F)c1. The van der Waals surface area contributed by atoms with E-state index in [1.807, 2.05) is 0 Å². The predicted molar refractivity (Wildman–Crippen MR) is 127 cm³/mol. The minimum absolute atomic E-state index is 0.205. The number of sulfone groups is 1. The standard InChI is InChI=1S/C25H22F4N2O6S/c1-36-22-12-18(26)3-4-21(22)20-5-7-30-13-16(20)14-31-24(33)15-9-17(25(27,28)29)11-19(10-15)38(34,35)8-6-23(32)37-2/h3-5,7,9-13H,6,8,14H2,1-2H3,(H,31,33). The summed E-state index contributed by atoms with van der Waals surface area (Å²) in [6, 6.07) is 7.19. The van der Waals surface area contributed by atoms with Gasteiger partial charge in [0.05, 0.1) is 36.9 Å². The van der Waals surface area contributed by atoms with Crippen molar-refractivity contribution in [3.8, 4) is 16.9 Å². The number of aromatic nitrogens is 1. The molecule has 3 aromatic rings. The quantitative estimate of drug-likeness (QED) is 0.312. The number of halogens is 4. The molecule has 1 heterocycles. The van der Waals surface area contributed by atoms with Gasteiger partial charge in [0.15, 0.2) is 9.84 Å². The Morgan fingerprint density at radius 1 is 1.03 bits per heavy atom. The van der Waals surface area contributed by atoms with Crippen LogP contribution >= 0.6 is 0 Å². The van der Waals surface area contributed by atoms with Crippen molar-refractivity contribution in [3.63, 3.8) is 0 Å². The zero-order valence-electron chi connectivity index (χ0n) is 20.1. The molecule has 0 aliphatic heterocycles. The molecule has 2 aromatic carbocycles. The van der Waals surface area contributed by atoms with E-state index in [0.717, 1.165) is 13.2 Å². The number of esters is 1. The second-order valence-electron chi connectivity index (χ2n) is 7.95. The molecule has 0 aliphatic carbocycles. The van der Waals surface area contributed by atoms with Crippen LogP contribution in [0.3, 0.4) is 0 Å². The number of benzene rings is 2. The van der Waals surface area contributed by atoms with Gasteiger partial charge in [0.2, 0.25) is 0 Å². The zero-order chi connectivity index (χ0) is 28.1. The molecular formula is C25H22F4N2O6S. The first-order valence-corrected chi connectivity index (χ1v) is 12.6. The van der Waals surface area contributed by atoms with E-state index in [1.54, 1.807) is 6.07 Å². The number of nitrogens with zero attached hydrogens (tertiary/aromatic N) is 1. The van der Waals surface area contributed by atoms with Gasteiger partial charge in [-0.1, -0.05) is 0 Å². The van der Waals surface area contributed by atoms with Crippen molar-refractivity contribution < 1.29 is 45.0 Å². The number of hydrogen-bond donors (Lipinski definition) is 1.